The minimum atomic E-state index is -1.69. The molecule has 0 saturated carbocycles. The van der Waals surface area contributed by atoms with Crippen molar-refractivity contribution in [2.24, 2.45) is 11.3 Å². The van der Waals surface area contributed by atoms with Crippen LogP contribution in [0.15, 0.2) is 24.3 Å². The molecule has 0 fully saturated rings. The number of carbonyl (C=O) groups excluding carboxylic acids is 4. The summed E-state index contributed by atoms with van der Waals surface area (Å²) in [7, 11) is 0. The molecule has 6 N–H and O–H groups in total. The van der Waals surface area contributed by atoms with E-state index in [4.69, 9.17) is 9.47 Å². The van der Waals surface area contributed by atoms with Gasteiger partial charge in [-0.25, -0.2) is 14.4 Å². The van der Waals surface area contributed by atoms with Gasteiger partial charge in [0.1, 0.15) is 17.2 Å². The molecular formula is C33H53N5O8. The minimum absolute atomic E-state index is 0.00726. The summed E-state index contributed by atoms with van der Waals surface area (Å²) in [4.78, 5) is 64.2. The molecule has 0 radical (unpaired) electrons. The molecule has 3 rings (SSSR count). The molecule has 3 atom stereocenters. The number of carbonyl (C=O) groups is 5. The summed E-state index contributed by atoms with van der Waals surface area (Å²) >= 11 is 0. The molecule has 2 aliphatic rings. The van der Waals surface area contributed by atoms with Gasteiger partial charge in [0, 0.05) is 18.7 Å². The van der Waals surface area contributed by atoms with Crippen LogP contribution in [-0.2, 0) is 30.3 Å². The molecule has 0 aromatic heterocycles. The first kappa shape index (κ1) is 38.3. The molecule has 0 unspecified atom stereocenters. The van der Waals surface area contributed by atoms with Crippen molar-refractivity contribution >= 4 is 35.6 Å². The monoisotopic (exact) mass is 647 g/mol. The highest BCUT2D eigenvalue weighted by Gasteiger charge is 2.50. The zero-order chi connectivity index (χ0) is 34.7. The summed E-state index contributed by atoms with van der Waals surface area (Å²) in [6, 6.07) is 4.71. The van der Waals surface area contributed by atoms with Crippen LogP contribution >= 0.6 is 0 Å². The van der Waals surface area contributed by atoms with Crippen molar-refractivity contribution in [3.8, 4) is 0 Å². The highest BCUT2D eigenvalue weighted by atomic mass is 16.6. The number of fused-ring (bicyclic) bond motifs is 12. The highest BCUT2D eigenvalue weighted by molar-refractivity contribution is 5.92. The van der Waals surface area contributed by atoms with Crippen LogP contribution in [0.1, 0.15) is 86.6 Å². The summed E-state index contributed by atoms with van der Waals surface area (Å²) in [5.41, 5.74) is -1.93. The van der Waals surface area contributed by atoms with Crippen LogP contribution in [0.4, 0.5) is 15.3 Å². The number of urea groups is 1. The van der Waals surface area contributed by atoms with Gasteiger partial charge in [-0.15, -0.1) is 0 Å². The Kier molecular flexibility index (Phi) is 13.8. The average molecular weight is 648 g/mol. The Labute approximate surface area is 272 Å². The van der Waals surface area contributed by atoms with E-state index in [-0.39, 0.29) is 50.8 Å². The lowest BCUT2D eigenvalue weighted by Gasteiger charge is -2.42. The lowest BCUT2D eigenvalue weighted by atomic mass is 9.70. The van der Waals surface area contributed by atoms with E-state index < -0.39 is 52.6 Å². The van der Waals surface area contributed by atoms with Gasteiger partial charge in [0.2, 0.25) is 11.8 Å². The number of aliphatic carboxylic acids is 1. The molecule has 2 aliphatic heterocycles. The maximum atomic E-state index is 13.6. The largest absolute Gasteiger partial charge is 0.479 e. The number of alkyl carbamates (subject to hydrolysis) is 1. The van der Waals surface area contributed by atoms with Crippen LogP contribution in [0.2, 0.25) is 0 Å². The Hall–Kier alpha value is -3.87. The van der Waals surface area contributed by atoms with Crippen molar-refractivity contribution in [2.45, 2.75) is 111 Å². The van der Waals surface area contributed by atoms with Gasteiger partial charge in [-0.2, -0.15) is 0 Å². The van der Waals surface area contributed by atoms with Gasteiger partial charge in [-0.3, -0.25) is 9.59 Å². The topological polar surface area (TPSA) is 184 Å². The van der Waals surface area contributed by atoms with E-state index in [9.17, 15) is 29.1 Å². The molecule has 5 amide bonds. The Morgan fingerprint density at radius 1 is 1.04 bits per heavy atom. The lowest BCUT2D eigenvalue weighted by molar-refractivity contribution is -0.150. The third kappa shape index (κ3) is 12.1. The fourth-order valence-electron chi connectivity index (χ4n) is 4.97. The third-order valence-corrected chi connectivity index (χ3v) is 7.82. The molecule has 0 aliphatic carbocycles. The molecular weight excluding hydrogens is 594 g/mol. The van der Waals surface area contributed by atoms with E-state index in [1.807, 2.05) is 13.8 Å². The van der Waals surface area contributed by atoms with Crippen LogP contribution < -0.4 is 26.6 Å². The molecule has 0 spiro atoms. The van der Waals surface area contributed by atoms with E-state index in [0.717, 1.165) is 5.56 Å². The molecule has 0 saturated heterocycles. The van der Waals surface area contributed by atoms with E-state index in [1.165, 1.54) is 0 Å². The third-order valence-electron chi connectivity index (χ3n) is 7.82. The van der Waals surface area contributed by atoms with Gasteiger partial charge < -0.3 is 41.2 Å². The lowest BCUT2D eigenvalue weighted by Crippen LogP contribution is -2.65. The average Bonchev–Trinajstić information content (AvgIpc) is 2.92. The Morgan fingerprint density at radius 3 is 2.26 bits per heavy atom. The second kappa shape index (κ2) is 16.6. The Bertz CT molecular complexity index is 1210. The van der Waals surface area contributed by atoms with Crippen LogP contribution in [0.5, 0.6) is 0 Å². The number of anilines is 1. The fraction of sp³-hybridized carbons (Fsp3) is 0.667. The quantitative estimate of drug-likeness (QED) is 0.218. The van der Waals surface area contributed by atoms with Gasteiger partial charge in [0.25, 0.3) is 0 Å². The highest BCUT2D eigenvalue weighted by Crippen LogP contribution is 2.35. The Balaban J connectivity index is 2.24. The summed E-state index contributed by atoms with van der Waals surface area (Å²) in [6.07, 6.45) is 0.616. The SMILES string of the molecule is CC(C)[C@H]1COCCC(=O)Nc2ccc(cc2)C[C@@H](NC(=O)N[C@](CCCCNC(=O)OC(C)(C)C)(C(=O)O)C(C)(C)C)C(=O)N1. The van der Waals surface area contributed by atoms with Crippen LogP contribution in [-0.4, -0.2) is 78.0 Å². The number of rotatable bonds is 9. The molecule has 258 valence electrons. The molecule has 1 aromatic rings. The van der Waals surface area contributed by atoms with E-state index in [1.54, 1.807) is 65.8 Å². The standard InChI is InChI=1S/C33H53N5O8/c1-21(2)25-20-45-18-15-26(39)35-23-13-11-22(12-14-23)19-24(27(40)36-25)37-29(43)38-33(28(41)42,31(3,4)5)16-9-10-17-34-30(44)46-32(6,7)8/h11-14,21,24-25H,9-10,15-20H2,1-8H3,(H,34,44)(H,35,39)(H,36,40)(H,41,42)(H2,37,38,43)/t24-,25-,33-/m1/s1. The van der Waals surface area contributed by atoms with Crippen LogP contribution in [0.25, 0.3) is 0 Å². The number of hydrogen-bond donors (Lipinski definition) is 6. The molecule has 2 bridgehead atoms. The number of benzene rings is 1. The predicted molar refractivity (Wildman–Crippen MR) is 174 cm³/mol. The second-order valence-electron chi connectivity index (χ2n) is 14.1. The molecule has 13 heteroatoms. The zero-order valence-electron chi connectivity index (χ0n) is 28.5. The zero-order valence-corrected chi connectivity index (χ0v) is 28.5. The van der Waals surface area contributed by atoms with E-state index in [0.29, 0.717) is 18.5 Å². The molecule has 2 heterocycles. The summed E-state index contributed by atoms with van der Waals surface area (Å²) < 4.78 is 10.9. The minimum Gasteiger partial charge on any atom is -0.479 e. The number of amides is 5. The number of carboxylic acids is 1. The number of hydrogen-bond acceptors (Lipinski definition) is 7. The first-order valence-electron chi connectivity index (χ1n) is 15.9. The van der Waals surface area contributed by atoms with Crippen molar-refractivity contribution in [1.29, 1.82) is 0 Å². The van der Waals surface area contributed by atoms with Crippen molar-refractivity contribution in [2.75, 3.05) is 25.1 Å². The first-order chi connectivity index (χ1) is 21.3. The molecule has 1 aromatic carbocycles. The van der Waals surface area contributed by atoms with Crippen molar-refractivity contribution in [3.63, 3.8) is 0 Å². The summed E-state index contributed by atoms with van der Waals surface area (Å²) in [6.45, 7) is 14.9. The van der Waals surface area contributed by atoms with Crippen LogP contribution in [0.3, 0.4) is 0 Å². The normalized spacial score (nSPS) is 19.5. The number of ether oxygens (including phenoxy) is 2. The maximum Gasteiger partial charge on any atom is 0.407 e. The summed E-state index contributed by atoms with van der Waals surface area (Å²) in [5, 5.41) is 24.3. The smallest absolute Gasteiger partial charge is 0.407 e. The van der Waals surface area contributed by atoms with Gasteiger partial charge in [-0.05, 0) is 69.1 Å². The van der Waals surface area contributed by atoms with Crippen molar-refractivity contribution in [1.82, 2.24) is 21.3 Å². The van der Waals surface area contributed by atoms with Crippen LogP contribution in [0, 0.1) is 11.3 Å². The van der Waals surface area contributed by atoms with Gasteiger partial charge in [0.05, 0.1) is 25.7 Å². The second-order valence-corrected chi connectivity index (χ2v) is 14.1. The van der Waals surface area contributed by atoms with Crippen molar-refractivity contribution < 1.29 is 38.6 Å². The van der Waals surface area contributed by atoms with Crippen molar-refractivity contribution in [3.05, 3.63) is 29.8 Å². The van der Waals surface area contributed by atoms with E-state index >= 15 is 0 Å². The predicted octanol–water partition coefficient (Wildman–Crippen LogP) is 3.96. The summed E-state index contributed by atoms with van der Waals surface area (Å²) in [5.74, 6) is -1.86. The molecule has 13 nitrogen and oxygen atoms in total. The number of unbranched alkanes of at least 4 members (excludes halogenated alkanes) is 1. The number of carboxylic acid groups (broad SMARTS) is 1. The van der Waals surface area contributed by atoms with Gasteiger partial charge in [-0.1, -0.05) is 46.8 Å². The Morgan fingerprint density at radius 2 is 1.70 bits per heavy atom. The van der Waals surface area contributed by atoms with Gasteiger partial charge in [0.15, 0.2) is 0 Å². The van der Waals surface area contributed by atoms with E-state index in [2.05, 4.69) is 26.6 Å². The fourth-order valence-corrected chi connectivity index (χ4v) is 4.97. The first-order valence-corrected chi connectivity index (χ1v) is 15.9. The molecule has 46 heavy (non-hydrogen) atoms. The maximum absolute atomic E-state index is 13.6. The van der Waals surface area contributed by atoms with Gasteiger partial charge >= 0.3 is 18.1 Å². The number of nitrogens with one attached hydrogen (secondary N) is 5.